The fourth-order valence-corrected chi connectivity index (χ4v) is 3.29. The summed E-state index contributed by atoms with van der Waals surface area (Å²) in [5.41, 5.74) is 1.68. The molecule has 1 heterocycles. The lowest BCUT2D eigenvalue weighted by Crippen LogP contribution is -2.17. The molecular formula is C18H13NO4S2. The molecule has 1 aliphatic heterocycles. The van der Waals surface area contributed by atoms with Crippen molar-refractivity contribution in [1.29, 1.82) is 0 Å². The van der Waals surface area contributed by atoms with Gasteiger partial charge >= 0.3 is 5.97 Å². The molecule has 0 radical (unpaired) electrons. The van der Waals surface area contributed by atoms with Crippen LogP contribution in [0.1, 0.15) is 21.5 Å². The summed E-state index contributed by atoms with van der Waals surface area (Å²) in [6.45, 7) is 0.162. The third kappa shape index (κ3) is 4.26. The van der Waals surface area contributed by atoms with Gasteiger partial charge in [-0.2, -0.15) is 0 Å². The highest BCUT2D eigenvalue weighted by Gasteiger charge is 2.21. The molecule has 1 saturated heterocycles. The fraction of sp³-hybridized carbons (Fsp3) is 0.0556. The van der Waals surface area contributed by atoms with Gasteiger partial charge in [-0.15, -0.1) is 0 Å². The molecule has 25 heavy (non-hydrogen) atoms. The minimum atomic E-state index is -0.980. The molecule has 7 heteroatoms. The predicted molar refractivity (Wildman–Crippen MR) is 100 cm³/mol. The molecule has 0 atom stereocenters. The van der Waals surface area contributed by atoms with Crippen LogP contribution in [0.25, 0.3) is 6.08 Å². The zero-order valence-electron chi connectivity index (χ0n) is 12.9. The van der Waals surface area contributed by atoms with Gasteiger partial charge in [0, 0.05) is 5.56 Å². The van der Waals surface area contributed by atoms with Gasteiger partial charge in [0.15, 0.2) is 0 Å². The zero-order valence-corrected chi connectivity index (χ0v) is 14.5. The van der Waals surface area contributed by atoms with Crippen molar-refractivity contribution >= 4 is 46.3 Å². The van der Waals surface area contributed by atoms with Crippen molar-refractivity contribution in [2.45, 2.75) is 6.61 Å². The van der Waals surface area contributed by atoms with E-state index in [2.05, 4.69) is 5.32 Å². The summed E-state index contributed by atoms with van der Waals surface area (Å²) in [7, 11) is 0. The number of thioether (sulfide) groups is 1. The fourth-order valence-electron chi connectivity index (χ4n) is 2.25. The number of ether oxygens (including phenoxy) is 1. The number of carboxylic acids is 1. The first-order valence-corrected chi connectivity index (χ1v) is 8.54. The molecule has 2 aromatic rings. The van der Waals surface area contributed by atoms with Gasteiger partial charge in [-0.25, -0.2) is 4.79 Å². The predicted octanol–water partition coefficient (Wildman–Crippen LogP) is 3.45. The van der Waals surface area contributed by atoms with E-state index < -0.39 is 5.97 Å². The topological polar surface area (TPSA) is 75.6 Å². The Hall–Kier alpha value is -2.64. The Morgan fingerprint density at radius 1 is 1.20 bits per heavy atom. The lowest BCUT2D eigenvalue weighted by atomic mass is 10.1. The van der Waals surface area contributed by atoms with Crippen LogP contribution in [-0.4, -0.2) is 21.3 Å². The molecule has 1 aliphatic rings. The molecule has 1 fully saturated rings. The minimum absolute atomic E-state index is 0.162. The van der Waals surface area contributed by atoms with E-state index in [0.29, 0.717) is 20.5 Å². The van der Waals surface area contributed by atoms with Crippen molar-refractivity contribution in [2.24, 2.45) is 0 Å². The van der Waals surface area contributed by atoms with Crippen LogP contribution in [0.3, 0.4) is 0 Å². The van der Waals surface area contributed by atoms with Gasteiger partial charge in [-0.1, -0.05) is 54.3 Å². The van der Waals surface area contributed by atoms with Gasteiger partial charge in [-0.05, 0) is 29.8 Å². The van der Waals surface area contributed by atoms with Gasteiger partial charge < -0.3 is 15.2 Å². The van der Waals surface area contributed by atoms with Gasteiger partial charge in [0.2, 0.25) is 0 Å². The first-order valence-electron chi connectivity index (χ1n) is 7.32. The summed E-state index contributed by atoms with van der Waals surface area (Å²) in [4.78, 5) is 23.4. The second-order valence-electron chi connectivity index (χ2n) is 5.17. The van der Waals surface area contributed by atoms with Crippen LogP contribution in [0.2, 0.25) is 0 Å². The van der Waals surface area contributed by atoms with Crippen molar-refractivity contribution in [1.82, 2.24) is 5.32 Å². The van der Waals surface area contributed by atoms with E-state index >= 15 is 0 Å². The highest BCUT2D eigenvalue weighted by molar-refractivity contribution is 8.26. The number of rotatable bonds is 5. The number of carbonyl (C=O) groups excluding carboxylic acids is 1. The standard InChI is InChI=1S/C18H13NO4S2/c20-16-15(25-18(24)19-16)9-11-5-7-13(8-6-11)23-10-12-3-1-2-4-14(12)17(21)22/h1-9H,10H2,(H,21,22)(H,19,20,24). The number of nitrogens with one attached hydrogen (secondary N) is 1. The van der Waals surface area contributed by atoms with E-state index in [1.165, 1.54) is 11.8 Å². The van der Waals surface area contributed by atoms with Crippen LogP contribution >= 0.6 is 24.0 Å². The van der Waals surface area contributed by atoms with Crippen LogP contribution in [0, 0.1) is 0 Å². The summed E-state index contributed by atoms with van der Waals surface area (Å²) in [6.07, 6.45) is 1.75. The number of aromatic carboxylic acids is 1. The SMILES string of the molecule is O=C1NC(=S)SC1=Cc1ccc(OCc2ccccc2C(=O)O)cc1. The normalized spacial score (nSPS) is 15.3. The van der Waals surface area contributed by atoms with Crippen LogP contribution < -0.4 is 10.1 Å². The molecule has 5 nitrogen and oxygen atoms in total. The van der Waals surface area contributed by atoms with E-state index in [-0.39, 0.29) is 18.1 Å². The highest BCUT2D eigenvalue weighted by atomic mass is 32.2. The molecule has 2 N–H and O–H groups in total. The Labute approximate surface area is 153 Å². The largest absolute Gasteiger partial charge is 0.489 e. The van der Waals surface area contributed by atoms with E-state index in [4.69, 9.17) is 22.1 Å². The maximum atomic E-state index is 11.6. The Kier molecular flexibility index (Phi) is 5.16. The summed E-state index contributed by atoms with van der Waals surface area (Å²) in [6, 6.07) is 13.9. The number of carboxylic acid groups (broad SMARTS) is 1. The number of carbonyl (C=O) groups is 2. The third-order valence-electron chi connectivity index (χ3n) is 3.46. The zero-order chi connectivity index (χ0) is 17.8. The number of amides is 1. The second kappa shape index (κ2) is 7.50. The molecule has 3 rings (SSSR count). The van der Waals surface area contributed by atoms with Crippen molar-refractivity contribution in [2.75, 3.05) is 0 Å². The van der Waals surface area contributed by atoms with E-state index in [0.717, 1.165) is 5.56 Å². The smallest absolute Gasteiger partial charge is 0.336 e. The maximum Gasteiger partial charge on any atom is 0.336 e. The van der Waals surface area contributed by atoms with Crippen LogP contribution in [-0.2, 0) is 11.4 Å². The molecular weight excluding hydrogens is 358 g/mol. The lowest BCUT2D eigenvalue weighted by molar-refractivity contribution is -0.115. The lowest BCUT2D eigenvalue weighted by Gasteiger charge is -2.09. The molecule has 0 aromatic heterocycles. The average Bonchev–Trinajstić information content (AvgIpc) is 2.91. The first kappa shape index (κ1) is 17.2. The summed E-state index contributed by atoms with van der Waals surface area (Å²) >= 11 is 6.18. The van der Waals surface area contributed by atoms with Crippen LogP contribution in [0.15, 0.2) is 53.4 Å². The molecule has 0 unspecified atom stereocenters. The number of hydrogen-bond donors (Lipinski definition) is 2. The van der Waals surface area contributed by atoms with Crippen LogP contribution in [0.4, 0.5) is 0 Å². The van der Waals surface area contributed by atoms with E-state index in [1.807, 2.05) is 12.1 Å². The summed E-state index contributed by atoms with van der Waals surface area (Å²) in [5, 5.41) is 11.7. The summed E-state index contributed by atoms with van der Waals surface area (Å²) < 4.78 is 6.11. The molecule has 0 aliphatic carbocycles. The Balaban J connectivity index is 1.68. The Bertz CT molecular complexity index is 875. The van der Waals surface area contributed by atoms with Gasteiger partial charge in [0.05, 0.1) is 10.5 Å². The minimum Gasteiger partial charge on any atom is -0.489 e. The third-order valence-corrected chi connectivity index (χ3v) is 4.62. The number of benzene rings is 2. The van der Waals surface area contributed by atoms with Crippen molar-refractivity contribution < 1.29 is 19.4 Å². The quantitative estimate of drug-likeness (QED) is 0.619. The molecule has 0 bridgehead atoms. The van der Waals surface area contributed by atoms with Gasteiger partial charge in [0.25, 0.3) is 5.91 Å². The van der Waals surface area contributed by atoms with E-state index in [9.17, 15) is 9.59 Å². The van der Waals surface area contributed by atoms with Crippen molar-refractivity contribution in [3.8, 4) is 5.75 Å². The van der Waals surface area contributed by atoms with Crippen molar-refractivity contribution in [3.05, 3.63) is 70.1 Å². The number of thiocarbonyl (C=S) groups is 1. The monoisotopic (exact) mass is 371 g/mol. The first-order chi connectivity index (χ1) is 12.0. The van der Waals surface area contributed by atoms with Crippen molar-refractivity contribution in [3.63, 3.8) is 0 Å². The van der Waals surface area contributed by atoms with Gasteiger partial charge in [0.1, 0.15) is 16.7 Å². The Morgan fingerprint density at radius 3 is 2.56 bits per heavy atom. The van der Waals surface area contributed by atoms with Gasteiger partial charge in [-0.3, -0.25) is 4.79 Å². The molecule has 2 aromatic carbocycles. The molecule has 0 saturated carbocycles. The average molecular weight is 371 g/mol. The number of hydrogen-bond acceptors (Lipinski definition) is 5. The second-order valence-corrected chi connectivity index (χ2v) is 6.89. The molecule has 1 amide bonds. The molecule has 126 valence electrons. The Morgan fingerprint density at radius 2 is 1.92 bits per heavy atom. The van der Waals surface area contributed by atoms with E-state index in [1.54, 1.807) is 42.5 Å². The maximum absolute atomic E-state index is 11.6. The summed E-state index contributed by atoms with van der Waals surface area (Å²) in [5.74, 6) is -0.562. The molecule has 0 spiro atoms. The highest BCUT2D eigenvalue weighted by Crippen LogP contribution is 2.26. The van der Waals surface area contributed by atoms with Crippen LogP contribution in [0.5, 0.6) is 5.75 Å².